The third-order valence-corrected chi connectivity index (χ3v) is 9.53. The van der Waals surface area contributed by atoms with Gasteiger partial charge >= 0.3 is 0 Å². The lowest BCUT2D eigenvalue weighted by atomic mass is 10.1. The highest BCUT2D eigenvalue weighted by Crippen LogP contribution is 2.36. The van der Waals surface area contributed by atoms with Crippen LogP contribution < -0.4 is 19.1 Å². The molecular weight excluding hydrogens is 565 g/mol. The van der Waals surface area contributed by atoms with Gasteiger partial charge in [-0.15, -0.1) is 0 Å². The van der Waals surface area contributed by atoms with Gasteiger partial charge in [0.05, 0.1) is 21.5 Å². The van der Waals surface area contributed by atoms with Crippen LogP contribution in [0, 0.1) is 0 Å². The third-order valence-electron chi connectivity index (χ3n) is 7.05. The second kappa shape index (κ2) is 12.7. The Morgan fingerprint density at radius 3 is 2.41 bits per heavy atom. The third kappa shape index (κ3) is 6.91. The van der Waals surface area contributed by atoms with E-state index >= 15 is 0 Å². The summed E-state index contributed by atoms with van der Waals surface area (Å²) >= 11 is 12.3. The first-order valence-corrected chi connectivity index (χ1v) is 15.4. The quantitative estimate of drug-likeness (QED) is 0.401. The lowest BCUT2D eigenvalue weighted by Crippen LogP contribution is -2.53. The molecule has 12 heteroatoms. The number of hydrogen-bond acceptors (Lipinski definition) is 6. The van der Waals surface area contributed by atoms with Crippen molar-refractivity contribution in [2.45, 2.75) is 64.6 Å². The normalized spacial score (nSPS) is 15.7. The van der Waals surface area contributed by atoms with Crippen molar-refractivity contribution in [2.75, 3.05) is 23.4 Å². The Morgan fingerprint density at radius 2 is 1.74 bits per heavy atom. The summed E-state index contributed by atoms with van der Waals surface area (Å²) in [6.45, 7) is 2.92. The molecule has 0 radical (unpaired) electrons. The lowest BCUT2D eigenvalue weighted by Gasteiger charge is -2.33. The molecule has 1 heterocycles. The van der Waals surface area contributed by atoms with Gasteiger partial charge in [0, 0.05) is 18.7 Å². The van der Waals surface area contributed by atoms with Gasteiger partial charge < -0.3 is 19.7 Å². The summed E-state index contributed by atoms with van der Waals surface area (Å²) in [4.78, 5) is 28.8. The Bertz CT molecular complexity index is 1320. The molecule has 39 heavy (non-hydrogen) atoms. The van der Waals surface area contributed by atoms with E-state index in [1.165, 1.54) is 17.9 Å². The van der Waals surface area contributed by atoms with Crippen LogP contribution in [-0.4, -0.2) is 56.3 Å². The number of anilines is 1. The van der Waals surface area contributed by atoms with Gasteiger partial charge in [0.15, 0.2) is 11.5 Å². The van der Waals surface area contributed by atoms with Crippen molar-refractivity contribution in [3.8, 4) is 11.5 Å². The first-order chi connectivity index (χ1) is 18.6. The molecule has 1 atom stereocenters. The zero-order valence-electron chi connectivity index (χ0n) is 22.0. The van der Waals surface area contributed by atoms with Crippen molar-refractivity contribution in [1.82, 2.24) is 10.2 Å². The topological polar surface area (TPSA) is 105 Å². The van der Waals surface area contributed by atoms with Crippen molar-refractivity contribution in [3.63, 3.8) is 0 Å². The second-order valence-electron chi connectivity index (χ2n) is 9.63. The number of amides is 2. The molecule has 0 spiro atoms. The number of nitrogens with one attached hydrogen (secondary N) is 1. The Labute approximate surface area is 239 Å². The van der Waals surface area contributed by atoms with E-state index in [2.05, 4.69) is 5.32 Å². The predicted molar refractivity (Wildman–Crippen MR) is 151 cm³/mol. The van der Waals surface area contributed by atoms with E-state index < -0.39 is 28.5 Å². The molecule has 2 amide bonds. The van der Waals surface area contributed by atoms with Crippen molar-refractivity contribution < 1.29 is 27.5 Å². The number of carbonyl (C=O) groups excluding carboxylic acids is 2. The zero-order chi connectivity index (χ0) is 28.2. The van der Waals surface area contributed by atoms with Gasteiger partial charge in [-0.1, -0.05) is 49.0 Å². The number of halogens is 2. The Hall–Kier alpha value is -2.69. The van der Waals surface area contributed by atoms with E-state index in [4.69, 9.17) is 32.7 Å². The summed E-state index contributed by atoms with van der Waals surface area (Å²) in [7, 11) is -3.87. The number of sulfonamides is 1. The van der Waals surface area contributed by atoms with E-state index in [-0.39, 0.29) is 36.7 Å². The largest absolute Gasteiger partial charge is 0.454 e. The molecular formula is C27H33Cl2N3O6S. The maximum atomic E-state index is 13.9. The molecule has 4 rings (SSSR count). The highest BCUT2D eigenvalue weighted by molar-refractivity contribution is 7.92. The molecule has 1 saturated carbocycles. The van der Waals surface area contributed by atoms with Crippen LogP contribution in [0.2, 0.25) is 10.0 Å². The average molecular weight is 599 g/mol. The predicted octanol–water partition coefficient (Wildman–Crippen LogP) is 4.74. The summed E-state index contributed by atoms with van der Waals surface area (Å²) in [5.41, 5.74) is 0.935. The van der Waals surface area contributed by atoms with Crippen LogP contribution in [0.1, 0.15) is 51.5 Å². The van der Waals surface area contributed by atoms with E-state index in [0.29, 0.717) is 33.5 Å². The highest BCUT2D eigenvalue weighted by atomic mass is 35.5. The number of benzene rings is 2. The van der Waals surface area contributed by atoms with E-state index in [0.717, 1.165) is 30.0 Å². The van der Waals surface area contributed by atoms with Gasteiger partial charge in [-0.3, -0.25) is 13.9 Å². The van der Waals surface area contributed by atoms with Crippen LogP contribution in [0.25, 0.3) is 0 Å². The molecule has 2 aromatic carbocycles. The maximum Gasteiger partial charge on any atom is 0.244 e. The number of nitrogens with zero attached hydrogens (tertiary/aromatic N) is 2. The molecule has 1 aliphatic carbocycles. The van der Waals surface area contributed by atoms with Crippen LogP contribution >= 0.6 is 23.2 Å². The Morgan fingerprint density at radius 1 is 1.03 bits per heavy atom. The molecule has 2 aromatic rings. The second-order valence-corrected chi connectivity index (χ2v) is 12.6. The molecule has 0 aromatic heterocycles. The number of fused-ring (bicyclic) bond motifs is 1. The lowest BCUT2D eigenvalue weighted by molar-refractivity contribution is -0.140. The summed E-state index contributed by atoms with van der Waals surface area (Å²) in [5, 5.41) is 3.77. The first-order valence-electron chi connectivity index (χ1n) is 13.1. The first kappa shape index (κ1) is 29.3. The fourth-order valence-corrected chi connectivity index (χ4v) is 6.26. The fraction of sp³-hybridized carbons (Fsp3) is 0.481. The summed E-state index contributed by atoms with van der Waals surface area (Å²) in [5.74, 6) is -0.114. The average Bonchev–Trinajstić information content (AvgIpc) is 3.60. The monoisotopic (exact) mass is 597 g/mol. The number of ether oxygens (including phenoxy) is 2. The smallest absolute Gasteiger partial charge is 0.244 e. The van der Waals surface area contributed by atoms with Gasteiger partial charge in [0.2, 0.25) is 28.6 Å². The summed E-state index contributed by atoms with van der Waals surface area (Å²) in [6.07, 6.45) is 4.24. The summed E-state index contributed by atoms with van der Waals surface area (Å²) < 4.78 is 38.2. The molecule has 1 unspecified atom stereocenters. The van der Waals surface area contributed by atoms with Crippen molar-refractivity contribution >= 4 is 50.7 Å². The summed E-state index contributed by atoms with van der Waals surface area (Å²) in [6, 6.07) is 8.98. The van der Waals surface area contributed by atoms with Crippen LogP contribution in [0.15, 0.2) is 36.4 Å². The SMILES string of the molecule is CCC(C(=O)NC1CCCC1)N(Cc1ccc(Cl)c(Cl)c1)C(=O)CN(c1ccc2c(c1)OCO2)S(=O)(=O)CC. The number of carbonyl (C=O) groups is 2. The molecule has 1 fully saturated rings. The van der Waals surface area contributed by atoms with Crippen LogP contribution in [-0.2, 0) is 26.2 Å². The standard InChI is InChI=1S/C27H33Cl2N3O6S/c1-3-23(27(34)30-19-7-5-6-8-19)31(15-18-9-11-21(28)22(29)13-18)26(33)16-32(39(35,36)4-2)20-10-12-24-25(14-20)38-17-37-24/h9-14,19,23H,3-8,15-17H2,1-2H3,(H,30,34). The molecule has 0 saturated heterocycles. The van der Waals surface area contributed by atoms with Gasteiger partial charge in [0.1, 0.15) is 12.6 Å². The Balaban J connectivity index is 1.66. The van der Waals surface area contributed by atoms with Gasteiger partial charge in [-0.05, 0) is 56.0 Å². The van der Waals surface area contributed by atoms with E-state index in [1.54, 1.807) is 30.3 Å². The van der Waals surface area contributed by atoms with Crippen molar-refractivity contribution in [3.05, 3.63) is 52.0 Å². The Kier molecular flexibility index (Phi) is 9.51. The molecule has 0 bridgehead atoms. The van der Waals surface area contributed by atoms with Gasteiger partial charge in [-0.25, -0.2) is 8.42 Å². The van der Waals surface area contributed by atoms with E-state index in [1.807, 2.05) is 6.92 Å². The van der Waals surface area contributed by atoms with Crippen molar-refractivity contribution in [2.24, 2.45) is 0 Å². The molecule has 2 aliphatic rings. The van der Waals surface area contributed by atoms with E-state index in [9.17, 15) is 18.0 Å². The van der Waals surface area contributed by atoms with Gasteiger partial charge in [-0.2, -0.15) is 0 Å². The fourth-order valence-electron chi connectivity index (χ4n) is 4.88. The van der Waals surface area contributed by atoms with Crippen LogP contribution in [0.3, 0.4) is 0 Å². The molecule has 212 valence electrons. The minimum Gasteiger partial charge on any atom is -0.454 e. The number of rotatable bonds is 11. The highest BCUT2D eigenvalue weighted by Gasteiger charge is 2.34. The van der Waals surface area contributed by atoms with Crippen LogP contribution in [0.5, 0.6) is 11.5 Å². The number of hydrogen-bond donors (Lipinski definition) is 1. The zero-order valence-corrected chi connectivity index (χ0v) is 24.3. The molecule has 9 nitrogen and oxygen atoms in total. The van der Waals surface area contributed by atoms with Crippen LogP contribution in [0.4, 0.5) is 5.69 Å². The van der Waals surface area contributed by atoms with Gasteiger partial charge in [0.25, 0.3) is 0 Å². The maximum absolute atomic E-state index is 13.9. The molecule has 1 N–H and O–H groups in total. The minimum atomic E-state index is -3.87. The minimum absolute atomic E-state index is 0.0317. The molecule has 1 aliphatic heterocycles. The van der Waals surface area contributed by atoms with Crippen molar-refractivity contribution in [1.29, 1.82) is 0 Å².